The first kappa shape index (κ1) is 13.4. The zero-order valence-corrected chi connectivity index (χ0v) is 12.3. The van der Waals surface area contributed by atoms with Crippen LogP contribution < -0.4 is 10.2 Å². The van der Waals surface area contributed by atoms with Crippen LogP contribution in [0.15, 0.2) is 24.3 Å². The quantitative estimate of drug-likeness (QED) is 0.885. The Balaban J connectivity index is 1.74. The molecule has 4 heteroatoms. The lowest BCUT2D eigenvalue weighted by molar-refractivity contribution is 0.0642. The minimum Gasteiger partial charge on any atom is -0.378 e. The van der Waals surface area contributed by atoms with E-state index in [1.807, 2.05) is 48.2 Å². The SMILES string of the molecule is CN(C)c1cccc(C(=O)N2CCC3CNCC3C2)c1. The molecule has 2 atom stereocenters. The van der Waals surface area contributed by atoms with Gasteiger partial charge >= 0.3 is 0 Å². The number of hydrogen-bond donors (Lipinski definition) is 1. The molecule has 2 aliphatic heterocycles. The Bertz CT molecular complexity index is 500. The first-order valence-electron chi connectivity index (χ1n) is 7.42. The third kappa shape index (κ3) is 2.52. The molecule has 108 valence electrons. The molecule has 0 saturated carbocycles. The van der Waals surface area contributed by atoms with Crippen LogP contribution in [0.1, 0.15) is 16.8 Å². The van der Waals surface area contributed by atoms with Gasteiger partial charge in [0.15, 0.2) is 0 Å². The molecule has 20 heavy (non-hydrogen) atoms. The molecule has 2 saturated heterocycles. The number of amides is 1. The van der Waals surface area contributed by atoms with Crippen LogP contribution in [-0.4, -0.2) is 51.1 Å². The number of nitrogens with one attached hydrogen (secondary N) is 1. The highest BCUT2D eigenvalue weighted by Crippen LogP contribution is 2.27. The van der Waals surface area contributed by atoms with E-state index < -0.39 is 0 Å². The second kappa shape index (κ2) is 5.44. The van der Waals surface area contributed by atoms with Crippen molar-refractivity contribution in [1.29, 1.82) is 0 Å². The third-order valence-electron chi connectivity index (χ3n) is 4.60. The second-order valence-corrected chi connectivity index (χ2v) is 6.16. The number of carbonyl (C=O) groups is 1. The molecule has 0 aliphatic carbocycles. The van der Waals surface area contributed by atoms with Gasteiger partial charge in [-0.3, -0.25) is 4.79 Å². The van der Waals surface area contributed by atoms with Gasteiger partial charge in [0.25, 0.3) is 5.91 Å². The molecular formula is C16H23N3O. The summed E-state index contributed by atoms with van der Waals surface area (Å²) in [5.41, 5.74) is 1.88. The largest absolute Gasteiger partial charge is 0.378 e. The van der Waals surface area contributed by atoms with Crippen molar-refractivity contribution in [2.24, 2.45) is 11.8 Å². The van der Waals surface area contributed by atoms with Gasteiger partial charge in [0.1, 0.15) is 0 Å². The van der Waals surface area contributed by atoms with E-state index in [1.54, 1.807) is 0 Å². The number of rotatable bonds is 2. The lowest BCUT2D eigenvalue weighted by Crippen LogP contribution is -2.43. The van der Waals surface area contributed by atoms with E-state index in [4.69, 9.17) is 0 Å². The standard InChI is InChI=1S/C16H23N3O/c1-18(2)15-5-3-4-12(8-15)16(20)19-7-6-13-9-17-10-14(13)11-19/h3-5,8,13-14,17H,6-7,9-11H2,1-2H3. The summed E-state index contributed by atoms with van der Waals surface area (Å²) in [6.45, 7) is 3.99. The summed E-state index contributed by atoms with van der Waals surface area (Å²) in [7, 11) is 4.00. The zero-order valence-electron chi connectivity index (χ0n) is 12.3. The number of anilines is 1. The van der Waals surface area contributed by atoms with Crippen molar-refractivity contribution in [3.05, 3.63) is 29.8 Å². The van der Waals surface area contributed by atoms with Crippen molar-refractivity contribution < 1.29 is 4.79 Å². The summed E-state index contributed by atoms with van der Waals surface area (Å²) in [6, 6.07) is 7.91. The average Bonchev–Trinajstić information content (AvgIpc) is 2.94. The molecular weight excluding hydrogens is 250 g/mol. The molecule has 1 aromatic rings. The number of hydrogen-bond acceptors (Lipinski definition) is 3. The molecule has 2 heterocycles. The number of piperidine rings is 1. The normalized spacial score (nSPS) is 25.4. The lowest BCUT2D eigenvalue weighted by atomic mass is 9.88. The Morgan fingerprint density at radius 3 is 2.90 bits per heavy atom. The molecule has 1 N–H and O–H groups in total. The van der Waals surface area contributed by atoms with Gasteiger partial charge in [0.05, 0.1) is 0 Å². The van der Waals surface area contributed by atoms with E-state index in [-0.39, 0.29) is 5.91 Å². The number of carbonyl (C=O) groups excluding carboxylic acids is 1. The molecule has 0 bridgehead atoms. The highest BCUT2D eigenvalue weighted by Gasteiger charge is 2.34. The zero-order chi connectivity index (χ0) is 14.1. The summed E-state index contributed by atoms with van der Waals surface area (Å²) >= 11 is 0. The van der Waals surface area contributed by atoms with Gasteiger partial charge in [-0.1, -0.05) is 6.07 Å². The van der Waals surface area contributed by atoms with Crippen molar-refractivity contribution >= 4 is 11.6 Å². The van der Waals surface area contributed by atoms with E-state index >= 15 is 0 Å². The fourth-order valence-electron chi connectivity index (χ4n) is 3.32. The maximum absolute atomic E-state index is 12.7. The van der Waals surface area contributed by atoms with Crippen LogP contribution >= 0.6 is 0 Å². The fourth-order valence-corrected chi connectivity index (χ4v) is 3.32. The molecule has 0 aromatic heterocycles. The van der Waals surface area contributed by atoms with Crippen LogP contribution in [-0.2, 0) is 0 Å². The Morgan fingerprint density at radius 1 is 1.30 bits per heavy atom. The van der Waals surface area contributed by atoms with Gasteiger partial charge in [-0.15, -0.1) is 0 Å². The number of benzene rings is 1. The van der Waals surface area contributed by atoms with Crippen molar-refractivity contribution in [3.8, 4) is 0 Å². The molecule has 1 amide bonds. The summed E-state index contributed by atoms with van der Waals surface area (Å²) < 4.78 is 0. The van der Waals surface area contributed by atoms with Crippen LogP contribution in [0.2, 0.25) is 0 Å². The van der Waals surface area contributed by atoms with Crippen LogP contribution in [0.25, 0.3) is 0 Å². The van der Waals surface area contributed by atoms with Crippen LogP contribution in [0.3, 0.4) is 0 Å². The summed E-state index contributed by atoms with van der Waals surface area (Å²) in [4.78, 5) is 16.7. The van der Waals surface area contributed by atoms with Crippen LogP contribution in [0, 0.1) is 11.8 Å². The fraction of sp³-hybridized carbons (Fsp3) is 0.562. The maximum atomic E-state index is 12.7. The van der Waals surface area contributed by atoms with Gasteiger partial charge in [-0.2, -0.15) is 0 Å². The van der Waals surface area contributed by atoms with Gasteiger partial charge in [-0.05, 0) is 49.5 Å². The molecule has 0 radical (unpaired) electrons. The van der Waals surface area contributed by atoms with Crippen molar-refractivity contribution in [1.82, 2.24) is 10.2 Å². The summed E-state index contributed by atoms with van der Waals surface area (Å²) in [6.07, 6.45) is 1.14. The molecule has 4 nitrogen and oxygen atoms in total. The minimum atomic E-state index is 0.180. The lowest BCUT2D eigenvalue weighted by Gasteiger charge is -2.34. The van der Waals surface area contributed by atoms with E-state index in [0.29, 0.717) is 5.92 Å². The third-order valence-corrected chi connectivity index (χ3v) is 4.60. The first-order chi connectivity index (χ1) is 9.65. The number of fused-ring (bicyclic) bond motifs is 1. The van der Waals surface area contributed by atoms with Crippen molar-refractivity contribution in [2.45, 2.75) is 6.42 Å². The predicted molar refractivity (Wildman–Crippen MR) is 81.1 cm³/mol. The van der Waals surface area contributed by atoms with E-state index in [0.717, 1.165) is 49.8 Å². The van der Waals surface area contributed by atoms with Crippen molar-refractivity contribution in [2.75, 3.05) is 45.2 Å². The van der Waals surface area contributed by atoms with Gasteiger partial charge in [-0.25, -0.2) is 0 Å². The van der Waals surface area contributed by atoms with E-state index in [9.17, 15) is 4.79 Å². The average molecular weight is 273 g/mol. The molecule has 0 spiro atoms. The second-order valence-electron chi connectivity index (χ2n) is 6.16. The van der Waals surface area contributed by atoms with Gasteiger partial charge < -0.3 is 15.1 Å². The molecule has 1 aromatic carbocycles. The predicted octanol–water partition coefficient (Wildman–Crippen LogP) is 1.43. The summed E-state index contributed by atoms with van der Waals surface area (Å²) in [5, 5.41) is 3.44. The highest BCUT2D eigenvalue weighted by atomic mass is 16.2. The Hall–Kier alpha value is -1.55. The van der Waals surface area contributed by atoms with E-state index in [1.165, 1.54) is 0 Å². The summed E-state index contributed by atoms with van der Waals surface area (Å²) in [5.74, 6) is 1.59. The number of nitrogens with zero attached hydrogens (tertiary/aromatic N) is 2. The first-order valence-corrected chi connectivity index (χ1v) is 7.42. The molecule has 3 rings (SSSR count). The van der Waals surface area contributed by atoms with E-state index in [2.05, 4.69) is 5.32 Å². The van der Waals surface area contributed by atoms with Crippen LogP contribution in [0.5, 0.6) is 0 Å². The van der Waals surface area contributed by atoms with Gasteiger partial charge in [0, 0.05) is 38.4 Å². The van der Waals surface area contributed by atoms with Gasteiger partial charge in [0.2, 0.25) is 0 Å². The van der Waals surface area contributed by atoms with Crippen molar-refractivity contribution in [3.63, 3.8) is 0 Å². The topological polar surface area (TPSA) is 35.6 Å². The Labute approximate surface area is 120 Å². The number of likely N-dealkylation sites (tertiary alicyclic amines) is 1. The smallest absolute Gasteiger partial charge is 0.253 e. The molecule has 2 unspecified atom stereocenters. The molecule has 2 fully saturated rings. The highest BCUT2D eigenvalue weighted by molar-refractivity contribution is 5.95. The monoisotopic (exact) mass is 273 g/mol. The molecule has 2 aliphatic rings. The maximum Gasteiger partial charge on any atom is 0.253 e. The Morgan fingerprint density at radius 2 is 2.10 bits per heavy atom. The Kier molecular flexibility index (Phi) is 3.66. The minimum absolute atomic E-state index is 0.180. The van der Waals surface area contributed by atoms with Crippen LogP contribution in [0.4, 0.5) is 5.69 Å².